The summed E-state index contributed by atoms with van der Waals surface area (Å²) >= 11 is 0. The van der Waals surface area contributed by atoms with Crippen LogP contribution in [0.3, 0.4) is 0 Å². The van der Waals surface area contributed by atoms with Crippen LogP contribution in [0.25, 0.3) is 0 Å². The average molecular weight is 392 g/mol. The van der Waals surface area contributed by atoms with E-state index in [1.165, 1.54) is 0 Å². The highest BCUT2D eigenvalue weighted by atomic mass is 16.2. The van der Waals surface area contributed by atoms with Crippen LogP contribution in [0.2, 0.25) is 0 Å². The van der Waals surface area contributed by atoms with E-state index in [1.807, 2.05) is 9.80 Å². The first-order valence-corrected chi connectivity index (χ1v) is 10.9. The third-order valence-corrected chi connectivity index (χ3v) is 5.52. The molecule has 1 fully saturated rings. The molecule has 28 heavy (non-hydrogen) atoms. The Morgan fingerprint density at radius 2 is 1.68 bits per heavy atom. The molecule has 1 heterocycles. The molecule has 1 saturated heterocycles. The normalized spacial score (nSPS) is 19.3. The van der Waals surface area contributed by atoms with Crippen molar-refractivity contribution < 1.29 is 14.4 Å². The van der Waals surface area contributed by atoms with Crippen LogP contribution >= 0.6 is 0 Å². The number of allylic oxidation sites excluding steroid dienone is 2. The second kappa shape index (κ2) is 11.9. The fraction of sp³-hybridized carbons (Fsp3) is 0.773. The summed E-state index contributed by atoms with van der Waals surface area (Å²) in [5.41, 5.74) is 0. The SMILES string of the molecule is CC(C)CC(=O)N1CCN(C(=O)CCCCCNC(=O)C[C@H]2C=CCC2)CC1. The van der Waals surface area contributed by atoms with Crippen LogP contribution in [0.1, 0.15) is 65.2 Å². The lowest BCUT2D eigenvalue weighted by molar-refractivity contribution is -0.140. The molecule has 0 aromatic carbocycles. The molecule has 6 heteroatoms. The molecular formula is C22H37N3O3. The van der Waals surface area contributed by atoms with Gasteiger partial charge in [0.2, 0.25) is 17.7 Å². The van der Waals surface area contributed by atoms with E-state index < -0.39 is 0 Å². The Kier molecular flexibility index (Phi) is 9.51. The van der Waals surface area contributed by atoms with Gasteiger partial charge in [-0.05, 0) is 37.5 Å². The van der Waals surface area contributed by atoms with Crippen molar-refractivity contribution in [2.75, 3.05) is 32.7 Å². The predicted molar refractivity (Wildman–Crippen MR) is 111 cm³/mol. The molecule has 0 bridgehead atoms. The second-order valence-corrected chi connectivity index (χ2v) is 8.49. The molecule has 0 unspecified atom stereocenters. The molecule has 1 aliphatic heterocycles. The van der Waals surface area contributed by atoms with Gasteiger partial charge >= 0.3 is 0 Å². The van der Waals surface area contributed by atoms with Gasteiger partial charge in [0.15, 0.2) is 0 Å². The molecule has 158 valence electrons. The fourth-order valence-electron chi connectivity index (χ4n) is 3.82. The summed E-state index contributed by atoms with van der Waals surface area (Å²) in [6.45, 7) is 7.40. The van der Waals surface area contributed by atoms with Gasteiger partial charge in [0.25, 0.3) is 0 Å². The molecule has 3 amide bonds. The third-order valence-electron chi connectivity index (χ3n) is 5.52. The smallest absolute Gasteiger partial charge is 0.222 e. The Balaban J connectivity index is 1.49. The van der Waals surface area contributed by atoms with Crippen LogP contribution in [0.4, 0.5) is 0 Å². The van der Waals surface area contributed by atoms with E-state index in [4.69, 9.17) is 0 Å². The van der Waals surface area contributed by atoms with Crippen molar-refractivity contribution in [3.63, 3.8) is 0 Å². The molecule has 0 radical (unpaired) electrons. The van der Waals surface area contributed by atoms with Crippen LogP contribution in [0.5, 0.6) is 0 Å². The molecule has 1 N–H and O–H groups in total. The molecule has 1 aliphatic carbocycles. The van der Waals surface area contributed by atoms with Crippen LogP contribution in [-0.4, -0.2) is 60.2 Å². The summed E-state index contributed by atoms with van der Waals surface area (Å²) in [5.74, 6) is 1.31. The number of carbonyl (C=O) groups excluding carboxylic acids is 3. The fourth-order valence-corrected chi connectivity index (χ4v) is 3.82. The molecule has 6 nitrogen and oxygen atoms in total. The first-order chi connectivity index (χ1) is 13.5. The largest absolute Gasteiger partial charge is 0.356 e. The Hall–Kier alpha value is -1.85. The van der Waals surface area contributed by atoms with Gasteiger partial charge in [-0.2, -0.15) is 0 Å². The topological polar surface area (TPSA) is 69.7 Å². The first-order valence-electron chi connectivity index (χ1n) is 10.9. The van der Waals surface area contributed by atoms with Crippen LogP contribution < -0.4 is 5.32 Å². The Labute approximate surface area is 169 Å². The van der Waals surface area contributed by atoms with Crippen LogP contribution in [-0.2, 0) is 14.4 Å². The van der Waals surface area contributed by atoms with Gasteiger partial charge in [0.05, 0.1) is 0 Å². The zero-order valence-electron chi connectivity index (χ0n) is 17.6. The highest BCUT2D eigenvalue weighted by Gasteiger charge is 2.24. The van der Waals surface area contributed by atoms with Crippen molar-refractivity contribution in [1.29, 1.82) is 0 Å². The standard InChI is InChI=1S/C22H37N3O3/c1-18(2)16-22(28)25-14-12-24(13-15-25)21(27)10-4-3-7-11-23-20(26)17-19-8-5-6-9-19/h5,8,18-19H,3-4,6-7,9-17H2,1-2H3,(H,23,26)/t19-/m0/s1. The lowest BCUT2D eigenvalue weighted by Gasteiger charge is -2.35. The van der Waals surface area contributed by atoms with Crippen molar-refractivity contribution in [3.05, 3.63) is 12.2 Å². The third kappa shape index (κ3) is 8.03. The minimum absolute atomic E-state index is 0.137. The van der Waals surface area contributed by atoms with E-state index in [9.17, 15) is 14.4 Å². The van der Waals surface area contributed by atoms with Gasteiger partial charge in [0, 0.05) is 52.0 Å². The van der Waals surface area contributed by atoms with E-state index in [0.717, 1.165) is 32.1 Å². The summed E-state index contributed by atoms with van der Waals surface area (Å²) in [7, 11) is 0. The van der Waals surface area contributed by atoms with Crippen LogP contribution in [0, 0.1) is 11.8 Å². The van der Waals surface area contributed by atoms with Crippen molar-refractivity contribution in [3.8, 4) is 0 Å². The summed E-state index contributed by atoms with van der Waals surface area (Å²) in [6.07, 6.45) is 10.9. The van der Waals surface area contributed by atoms with Gasteiger partial charge in [-0.25, -0.2) is 0 Å². The molecule has 1 atom stereocenters. The molecule has 0 saturated carbocycles. The number of hydrogen-bond acceptors (Lipinski definition) is 3. The number of piperazine rings is 1. The van der Waals surface area contributed by atoms with E-state index in [0.29, 0.717) is 63.8 Å². The lowest BCUT2D eigenvalue weighted by Crippen LogP contribution is -2.50. The van der Waals surface area contributed by atoms with Gasteiger partial charge in [-0.1, -0.05) is 32.4 Å². The number of unbranched alkanes of at least 4 members (excludes halogenated alkanes) is 2. The Bertz CT molecular complexity index is 551. The van der Waals surface area contributed by atoms with E-state index in [-0.39, 0.29) is 17.7 Å². The zero-order chi connectivity index (χ0) is 20.4. The van der Waals surface area contributed by atoms with Crippen molar-refractivity contribution in [2.24, 2.45) is 11.8 Å². The maximum atomic E-state index is 12.3. The van der Waals surface area contributed by atoms with Crippen molar-refractivity contribution in [1.82, 2.24) is 15.1 Å². The van der Waals surface area contributed by atoms with Gasteiger partial charge in [-0.15, -0.1) is 0 Å². The first kappa shape index (κ1) is 22.4. The molecular weight excluding hydrogens is 354 g/mol. The molecule has 2 aliphatic rings. The molecule has 0 spiro atoms. The Morgan fingerprint density at radius 3 is 2.29 bits per heavy atom. The predicted octanol–water partition coefficient (Wildman–Crippen LogP) is 2.74. The summed E-state index contributed by atoms with van der Waals surface area (Å²) in [6, 6.07) is 0. The second-order valence-electron chi connectivity index (χ2n) is 8.49. The summed E-state index contributed by atoms with van der Waals surface area (Å²) < 4.78 is 0. The van der Waals surface area contributed by atoms with E-state index in [2.05, 4.69) is 31.3 Å². The zero-order valence-corrected chi connectivity index (χ0v) is 17.6. The number of rotatable bonds is 10. The lowest BCUT2D eigenvalue weighted by atomic mass is 10.1. The van der Waals surface area contributed by atoms with Crippen LogP contribution in [0.15, 0.2) is 12.2 Å². The average Bonchev–Trinajstić information content (AvgIpc) is 3.16. The highest BCUT2D eigenvalue weighted by Crippen LogP contribution is 2.20. The van der Waals surface area contributed by atoms with Gasteiger partial charge < -0.3 is 15.1 Å². The maximum absolute atomic E-state index is 12.3. The summed E-state index contributed by atoms with van der Waals surface area (Å²) in [4.78, 5) is 40.0. The van der Waals surface area contributed by atoms with E-state index >= 15 is 0 Å². The van der Waals surface area contributed by atoms with E-state index in [1.54, 1.807) is 0 Å². The number of amides is 3. The Morgan fingerprint density at radius 1 is 1.00 bits per heavy atom. The van der Waals surface area contributed by atoms with Crippen molar-refractivity contribution >= 4 is 17.7 Å². The molecule has 0 aromatic rings. The summed E-state index contributed by atoms with van der Waals surface area (Å²) in [5, 5.41) is 2.98. The number of hydrogen-bond donors (Lipinski definition) is 1. The minimum atomic E-state index is 0.137. The van der Waals surface area contributed by atoms with Gasteiger partial charge in [0.1, 0.15) is 0 Å². The molecule has 0 aromatic heterocycles. The number of carbonyl (C=O) groups is 3. The number of nitrogens with one attached hydrogen (secondary N) is 1. The van der Waals surface area contributed by atoms with Crippen molar-refractivity contribution in [2.45, 2.75) is 65.2 Å². The monoisotopic (exact) mass is 391 g/mol. The minimum Gasteiger partial charge on any atom is -0.356 e. The number of nitrogens with zero attached hydrogens (tertiary/aromatic N) is 2. The highest BCUT2D eigenvalue weighted by molar-refractivity contribution is 5.78. The quantitative estimate of drug-likeness (QED) is 0.460. The maximum Gasteiger partial charge on any atom is 0.222 e. The van der Waals surface area contributed by atoms with Gasteiger partial charge in [-0.3, -0.25) is 14.4 Å². The molecule has 2 rings (SSSR count).